The summed E-state index contributed by atoms with van der Waals surface area (Å²) >= 11 is 13.5. The molecule has 0 amide bonds. The van der Waals surface area contributed by atoms with E-state index in [-0.39, 0.29) is 46.0 Å². The zero-order valence-electron chi connectivity index (χ0n) is 36.6. The lowest BCUT2D eigenvalue weighted by Crippen LogP contribution is -2.38. The average molecular weight is 914 g/mol. The molecule has 0 spiro atoms. The molecule has 13 nitrogen and oxygen atoms in total. The lowest BCUT2D eigenvalue weighted by Gasteiger charge is -2.25. The number of rotatable bonds is 23. The third kappa shape index (κ3) is 12.7. The Morgan fingerprint density at radius 3 is 1.77 bits per heavy atom. The van der Waals surface area contributed by atoms with Gasteiger partial charge in [0.2, 0.25) is 0 Å². The minimum atomic E-state index is -1.06. The van der Waals surface area contributed by atoms with E-state index in [0.717, 1.165) is 44.5 Å². The number of aliphatic hydroxyl groups is 2. The molecule has 4 N–H and O–H groups in total. The highest BCUT2D eigenvalue weighted by molar-refractivity contribution is 6.32. The van der Waals surface area contributed by atoms with Gasteiger partial charge in [-0.1, -0.05) is 59.6 Å². The summed E-state index contributed by atoms with van der Waals surface area (Å²) in [6, 6.07) is 21.2. The van der Waals surface area contributed by atoms with Crippen molar-refractivity contribution in [2.45, 2.75) is 85.0 Å². The molecule has 0 unspecified atom stereocenters. The first-order valence-electron chi connectivity index (χ1n) is 20.7. The van der Waals surface area contributed by atoms with E-state index in [4.69, 9.17) is 37.4 Å². The largest absolute Gasteiger partial charge is 0.488 e. The zero-order valence-corrected chi connectivity index (χ0v) is 38.1. The van der Waals surface area contributed by atoms with Gasteiger partial charge in [0.1, 0.15) is 55.2 Å². The van der Waals surface area contributed by atoms with Crippen LogP contribution in [0.1, 0.15) is 69.3 Å². The number of pyridine rings is 1. The van der Waals surface area contributed by atoms with Gasteiger partial charge in [-0.25, -0.2) is 0 Å². The first kappa shape index (κ1) is 49.3. The quantitative estimate of drug-likeness (QED) is 0.0489. The van der Waals surface area contributed by atoms with Crippen molar-refractivity contribution in [3.8, 4) is 34.4 Å². The van der Waals surface area contributed by atoms with Crippen molar-refractivity contribution in [1.29, 1.82) is 5.26 Å². The normalized spacial score (nSPS) is 12.2. The molecular weight excluding hydrogens is 859 g/mol. The van der Waals surface area contributed by atoms with E-state index < -0.39 is 24.0 Å². The first-order chi connectivity index (χ1) is 30.6. The van der Waals surface area contributed by atoms with Crippen molar-refractivity contribution in [3.63, 3.8) is 0 Å². The lowest BCUT2D eigenvalue weighted by molar-refractivity contribution is -0.144. The van der Waals surface area contributed by atoms with Gasteiger partial charge in [-0.05, 0) is 123 Å². The highest BCUT2D eigenvalue weighted by atomic mass is 35.5. The van der Waals surface area contributed by atoms with Gasteiger partial charge < -0.3 is 34.6 Å². The second-order valence-electron chi connectivity index (χ2n) is 15.8. The van der Waals surface area contributed by atoms with Crippen molar-refractivity contribution in [1.82, 2.24) is 14.8 Å². The number of halogens is 2. The molecule has 0 radical (unpaired) electrons. The Bertz CT molecular complexity index is 2480. The van der Waals surface area contributed by atoms with Gasteiger partial charge in [0, 0.05) is 55.9 Å². The van der Waals surface area contributed by atoms with Crippen molar-refractivity contribution in [3.05, 3.63) is 139 Å². The highest BCUT2D eigenvalue weighted by Crippen LogP contribution is 2.37. The zero-order chi connectivity index (χ0) is 46.5. The van der Waals surface area contributed by atoms with Crippen LogP contribution in [-0.2, 0) is 42.5 Å². The Morgan fingerprint density at radius 1 is 0.688 bits per heavy atom. The smallest absolute Gasteiger partial charge is 0.321 e. The number of carboxylic acid groups (broad SMARTS) is 2. The third-order valence-corrected chi connectivity index (χ3v) is 11.9. The average Bonchev–Trinajstić information content (AvgIpc) is 3.26. The minimum Gasteiger partial charge on any atom is -0.488 e. The van der Waals surface area contributed by atoms with Gasteiger partial charge >= 0.3 is 11.9 Å². The van der Waals surface area contributed by atoms with Crippen LogP contribution in [0.3, 0.4) is 0 Å². The van der Waals surface area contributed by atoms with Gasteiger partial charge in [0.15, 0.2) is 0 Å². The summed E-state index contributed by atoms with van der Waals surface area (Å²) in [5, 5.41) is 48.3. The predicted octanol–water partition coefficient (Wildman–Crippen LogP) is 8.51. The van der Waals surface area contributed by atoms with Gasteiger partial charge in [0.25, 0.3) is 0 Å². The molecular formula is C49H54Cl2N4O9. The number of carboxylic acids is 2. The maximum absolute atomic E-state index is 12.0. The Labute approximate surface area is 384 Å². The molecule has 1 heterocycles. The van der Waals surface area contributed by atoms with E-state index in [1.165, 1.54) is 6.20 Å². The van der Waals surface area contributed by atoms with Crippen molar-refractivity contribution in [2.24, 2.45) is 0 Å². The topological polar surface area (TPSA) is 186 Å². The van der Waals surface area contributed by atoms with Gasteiger partial charge in [-0.15, -0.1) is 0 Å². The number of aliphatic hydroxyl groups excluding tert-OH is 2. The molecule has 0 aliphatic heterocycles. The fraction of sp³-hybridized carbons (Fsp3) is 0.347. The summed E-state index contributed by atoms with van der Waals surface area (Å²) in [6.45, 7) is 6.68. The van der Waals surface area contributed by atoms with Gasteiger partial charge in [0.05, 0.1) is 15.6 Å². The Kier molecular flexibility index (Phi) is 17.9. The van der Waals surface area contributed by atoms with E-state index in [1.807, 2.05) is 57.2 Å². The standard InChI is InChI=1S/C49H54Cl2N4O9/c1-30-17-46(41(50)19-37(30)25-54(4)43(48(58)59)13-8-15-56)63-28-35-9-6-11-39(31(35)2)40-12-7-10-36(32(40)3)29-64-47-21-45(62-27-34-18-33(22-52)23-53-24-34)38(20-42(47)51)26-55(5)44(14-16-57)49(60)61/h6-7,9-12,17-21,23-24,43-44,56-57H,8,13-16,25-29H2,1-5H3,(H,58,59)(H,60,61)/t43-,44-/m0/s1. The van der Waals surface area contributed by atoms with Crippen LogP contribution in [0.5, 0.6) is 17.2 Å². The molecule has 0 bridgehead atoms. The number of aromatic nitrogens is 1. The molecule has 15 heteroatoms. The number of benzene rings is 4. The monoisotopic (exact) mass is 912 g/mol. The van der Waals surface area contributed by atoms with Crippen LogP contribution >= 0.6 is 23.2 Å². The Hall–Kier alpha value is -5.72. The van der Waals surface area contributed by atoms with Crippen LogP contribution in [0.2, 0.25) is 10.0 Å². The summed E-state index contributed by atoms with van der Waals surface area (Å²) in [7, 11) is 3.40. The van der Waals surface area contributed by atoms with Gasteiger partial charge in [-0.3, -0.25) is 24.4 Å². The van der Waals surface area contributed by atoms with Crippen LogP contribution in [0.4, 0.5) is 0 Å². The molecule has 0 aliphatic rings. The molecule has 5 rings (SSSR count). The molecule has 2 atom stereocenters. The fourth-order valence-electron chi connectivity index (χ4n) is 7.51. The van der Waals surface area contributed by atoms with E-state index in [2.05, 4.69) is 23.2 Å². The van der Waals surface area contributed by atoms with Gasteiger partial charge in [-0.2, -0.15) is 5.26 Å². The molecule has 4 aromatic carbocycles. The molecule has 64 heavy (non-hydrogen) atoms. The Morgan fingerprint density at radius 2 is 1.22 bits per heavy atom. The number of ether oxygens (including phenoxy) is 3. The van der Waals surface area contributed by atoms with E-state index in [0.29, 0.717) is 63.4 Å². The highest BCUT2D eigenvalue weighted by Gasteiger charge is 2.25. The molecule has 0 saturated carbocycles. The Balaban J connectivity index is 1.33. The summed E-state index contributed by atoms with van der Waals surface area (Å²) in [5.74, 6) is -0.726. The van der Waals surface area contributed by atoms with Crippen LogP contribution in [0.15, 0.2) is 79.1 Å². The predicted molar refractivity (Wildman–Crippen MR) is 245 cm³/mol. The third-order valence-electron chi connectivity index (χ3n) is 11.3. The molecule has 1 aromatic heterocycles. The number of hydrogen-bond donors (Lipinski definition) is 4. The summed E-state index contributed by atoms with van der Waals surface area (Å²) in [4.78, 5) is 31.3. The molecule has 338 valence electrons. The number of nitrogens with zero attached hydrogens (tertiary/aromatic N) is 4. The van der Waals surface area contributed by atoms with E-state index >= 15 is 0 Å². The maximum atomic E-state index is 12.0. The number of aryl methyl sites for hydroxylation is 1. The van der Waals surface area contributed by atoms with Crippen molar-refractivity contribution < 1.29 is 44.2 Å². The van der Waals surface area contributed by atoms with Crippen molar-refractivity contribution in [2.75, 3.05) is 27.3 Å². The van der Waals surface area contributed by atoms with Crippen LogP contribution < -0.4 is 14.2 Å². The second-order valence-corrected chi connectivity index (χ2v) is 16.6. The number of likely N-dealkylation sites (N-methyl/N-ethyl adjacent to an activating group) is 2. The molecule has 5 aromatic rings. The summed E-state index contributed by atoms with van der Waals surface area (Å²) in [5.41, 5.74) is 9.40. The summed E-state index contributed by atoms with van der Waals surface area (Å²) < 4.78 is 18.9. The summed E-state index contributed by atoms with van der Waals surface area (Å²) in [6.07, 6.45) is 3.82. The minimum absolute atomic E-state index is 0.0374. The van der Waals surface area contributed by atoms with Crippen LogP contribution in [-0.4, -0.2) is 86.5 Å². The SMILES string of the molecule is Cc1cc(OCc2cccc(-c3cccc(COc4cc(OCc5cncc(C#N)c5)c(CN(C)[C@@H](CCO)C(=O)O)cc4Cl)c3C)c2C)c(Cl)cc1CN(C)[C@@H](CCCO)C(=O)O. The van der Waals surface area contributed by atoms with Crippen LogP contribution in [0.25, 0.3) is 11.1 Å². The second kappa shape index (κ2) is 23.3. The molecule has 0 fully saturated rings. The fourth-order valence-corrected chi connectivity index (χ4v) is 8.00. The molecule has 0 aliphatic carbocycles. The van der Waals surface area contributed by atoms with Crippen molar-refractivity contribution >= 4 is 35.1 Å². The van der Waals surface area contributed by atoms with E-state index in [9.17, 15) is 35.3 Å². The number of aliphatic carboxylic acids is 2. The number of hydrogen-bond acceptors (Lipinski definition) is 11. The van der Waals surface area contributed by atoms with E-state index in [1.54, 1.807) is 48.3 Å². The van der Waals surface area contributed by atoms with Crippen LogP contribution in [0, 0.1) is 32.1 Å². The maximum Gasteiger partial charge on any atom is 0.321 e. The molecule has 0 saturated heterocycles. The number of nitriles is 1. The lowest BCUT2D eigenvalue weighted by atomic mass is 9.92. The number of carbonyl (C=O) groups is 2. The first-order valence-corrected chi connectivity index (χ1v) is 21.5.